The van der Waals surface area contributed by atoms with Gasteiger partial charge in [-0.3, -0.25) is 24.5 Å². The topological polar surface area (TPSA) is 154 Å². The molecule has 0 aromatic heterocycles. The Kier molecular flexibility index (Phi) is 8.80. The van der Waals surface area contributed by atoms with Crippen LogP contribution in [0.2, 0.25) is 0 Å². The molecule has 2 fully saturated rings. The van der Waals surface area contributed by atoms with E-state index in [1.807, 2.05) is 0 Å². The summed E-state index contributed by atoms with van der Waals surface area (Å²) in [5.74, 6) is -1.79. The predicted molar refractivity (Wildman–Crippen MR) is 128 cm³/mol. The van der Waals surface area contributed by atoms with Crippen molar-refractivity contribution in [3.63, 3.8) is 0 Å². The maximum absolute atomic E-state index is 12.8. The molecule has 196 valence electrons. The van der Waals surface area contributed by atoms with E-state index >= 15 is 0 Å². The number of rotatable bonds is 8. The molecular formula is C20H20Cl3N3O9S. The summed E-state index contributed by atoms with van der Waals surface area (Å²) in [6.07, 6.45) is -0.856. The molecule has 1 N–H and O–H groups in total. The summed E-state index contributed by atoms with van der Waals surface area (Å²) >= 11 is 18.1. The van der Waals surface area contributed by atoms with Crippen LogP contribution in [0.15, 0.2) is 24.3 Å². The molecule has 1 aromatic carbocycles. The molecule has 36 heavy (non-hydrogen) atoms. The minimum atomic E-state index is -1.85. The molecule has 0 radical (unpaired) electrons. The number of non-ortho nitro benzene ring substituents is 1. The van der Waals surface area contributed by atoms with Gasteiger partial charge in [-0.15, -0.1) is 11.8 Å². The van der Waals surface area contributed by atoms with E-state index in [4.69, 9.17) is 49.0 Å². The Morgan fingerprint density at radius 1 is 1.22 bits per heavy atom. The number of carbonyl (C=O) groups excluding carboxylic acids is 4. The SMILES string of the molecule is CC(=O)OCC1(C(=O)OCC(Cl)(Cl)Cl)CS[C@@H]2C(NC(=O)OCc3ccc([N+](=O)[O-])cc3)C(=O)N2C1. The molecule has 0 bridgehead atoms. The first kappa shape index (κ1) is 28.1. The normalized spacial score (nSPS) is 23.1. The van der Waals surface area contributed by atoms with Crippen LogP contribution in [0.1, 0.15) is 12.5 Å². The van der Waals surface area contributed by atoms with Gasteiger partial charge in [-0.25, -0.2) is 4.79 Å². The molecule has 0 aliphatic carbocycles. The maximum Gasteiger partial charge on any atom is 0.408 e. The zero-order chi connectivity index (χ0) is 26.7. The highest BCUT2D eigenvalue weighted by molar-refractivity contribution is 8.00. The molecule has 3 atom stereocenters. The number of nitrogens with one attached hydrogen (secondary N) is 1. The highest BCUT2D eigenvalue weighted by atomic mass is 35.6. The van der Waals surface area contributed by atoms with Gasteiger partial charge in [0.15, 0.2) is 0 Å². The number of nitro benzene ring substituents is 1. The van der Waals surface area contributed by atoms with Crippen LogP contribution in [-0.4, -0.2) is 74.5 Å². The van der Waals surface area contributed by atoms with Gasteiger partial charge in [-0.1, -0.05) is 34.8 Å². The highest BCUT2D eigenvalue weighted by Gasteiger charge is 2.58. The van der Waals surface area contributed by atoms with Gasteiger partial charge in [0.1, 0.15) is 36.7 Å². The first-order valence-electron chi connectivity index (χ1n) is 10.3. The molecule has 1 aromatic rings. The van der Waals surface area contributed by atoms with Gasteiger partial charge in [-0.05, 0) is 17.7 Å². The van der Waals surface area contributed by atoms with Crippen molar-refractivity contribution < 1.29 is 38.3 Å². The number of β-lactam (4-membered cyclic amide) rings is 1. The average molecular weight is 585 g/mol. The summed E-state index contributed by atoms with van der Waals surface area (Å²) in [6, 6.07) is 4.56. The molecular weight excluding hydrogens is 565 g/mol. The average Bonchev–Trinajstić information content (AvgIpc) is 2.82. The van der Waals surface area contributed by atoms with Crippen LogP contribution in [0.25, 0.3) is 0 Å². The third-order valence-corrected chi connectivity index (χ3v) is 7.20. The van der Waals surface area contributed by atoms with Crippen LogP contribution in [-0.2, 0) is 35.2 Å². The molecule has 2 saturated heterocycles. The summed E-state index contributed by atoms with van der Waals surface area (Å²) in [5.41, 5.74) is -0.966. The predicted octanol–water partition coefficient (Wildman–Crippen LogP) is 2.57. The largest absolute Gasteiger partial charge is 0.465 e. The zero-order valence-corrected chi connectivity index (χ0v) is 21.7. The van der Waals surface area contributed by atoms with E-state index in [1.165, 1.54) is 47.9 Å². The number of hydrogen-bond acceptors (Lipinski definition) is 10. The Bertz CT molecular complexity index is 1050. The molecule has 0 saturated carbocycles. The molecule has 0 spiro atoms. The fraction of sp³-hybridized carbons (Fsp3) is 0.500. The van der Waals surface area contributed by atoms with Crippen LogP contribution in [0.3, 0.4) is 0 Å². The molecule has 2 aliphatic rings. The van der Waals surface area contributed by atoms with E-state index in [0.29, 0.717) is 5.56 Å². The Hall–Kier alpha value is -2.48. The smallest absolute Gasteiger partial charge is 0.408 e. The molecule has 2 amide bonds. The molecule has 3 rings (SSSR count). The number of amides is 2. The van der Waals surface area contributed by atoms with E-state index < -0.39 is 56.1 Å². The minimum Gasteiger partial charge on any atom is -0.465 e. The first-order chi connectivity index (χ1) is 16.8. The Morgan fingerprint density at radius 3 is 2.47 bits per heavy atom. The summed E-state index contributed by atoms with van der Waals surface area (Å²) < 4.78 is 13.4. The van der Waals surface area contributed by atoms with Crippen LogP contribution >= 0.6 is 46.6 Å². The number of hydrogen-bond donors (Lipinski definition) is 1. The molecule has 2 aliphatic heterocycles. The van der Waals surface area contributed by atoms with Gasteiger partial charge in [0.2, 0.25) is 9.70 Å². The lowest BCUT2D eigenvalue weighted by atomic mass is 9.88. The third-order valence-electron chi connectivity index (χ3n) is 5.29. The van der Waals surface area contributed by atoms with Gasteiger partial charge < -0.3 is 24.4 Å². The second kappa shape index (κ2) is 11.3. The minimum absolute atomic E-state index is 0.0985. The molecule has 2 unspecified atom stereocenters. The summed E-state index contributed by atoms with van der Waals surface area (Å²) in [4.78, 5) is 60.7. The van der Waals surface area contributed by atoms with Crippen molar-refractivity contribution in [2.24, 2.45) is 5.41 Å². The summed E-state index contributed by atoms with van der Waals surface area (Å²) in [7, 11) is 0. The number of thioether (sulfide) groups is 1. The number of nitro groups is 1. The lowest BCUT2D eigenvalue weighted by Gasteiger charge is -2.53. The lowest BCUT2D eigenvalue weighted by Crippen LogP contribution is -2.74. The van der Waals surface area contributed by atoms with Gasteiger partial charge in [0.05, 0.1) is 4.92 Å². The van der Waals surface area contributed by atoms with Crippen molar-refractivity contribution in [3.8, 4) is 0 Å². The van der Waals surface area contributed by atoms with E-state index in [1.54, 1.807) is 0 Å². The van der Waals surface area contributed by atoms with Crippen LogP contribution in [0.5, 0.6) is 0 Å². The Morgan fingerprint density at radius 2 is 1.89 bits per heavy atom. The molecule has 16 heteroatoms. The zero-order valence-electron chi connectivity index (χ0n) is 18.6. The number of benzene rings is 1. The fourth-order valence-corrected chi connectivity index (χ4v) is 5.15. The number of carbonyl (C=O) groups is 4. The fourth-order valence-electron chi connectivity index (χ4n) is 3.47. The van der Waals surface area contributed by atoms with Gasteiger partial charge in [-0.2, -0.15) is 0 Å². The Labute approximate surface area is 224 Å². The van der Waals surface area contributed by atoms with Crippen LogP contribution < -0.4 is 5.32 Å². The number of alkyl halides is 3. The van der Waals surface area contributed by atoms with Crippen molar-refractivity contribution in [3.05, 3.63) is 39.9 Å². The van der Waals surface area contributed by atoms with E-state index in [9.17, 15) is 29.3 Å². The van der Waals surface area contributed by atoms with Crippen LogP contribution in [0.4, 0.5) is 10.5 Å². The Balaban J connectivity index is 1.57. The molecule has 12 nitrogen and oxygen atoms in total. The van der Waals surface area contributed by atoms with Crippen molar-refractivity contribution in [1.82, 2.24) is 10.2 Å². The van der Waals surface area contributed by atoms with E-state index in [2.05, 4.69) is 5.32 Å². The van der Waals surface area contributed by atoms with Crippen molar-refractivity contribution in [2.75, 3.05) is 25.5 Å². The quantitative estimate of drug-likeness (QED) is 0.120. The number of esters is 2. The van der Waals surface area contributed by atoms with Crippen LogP contribution in [0, 0.1) is 15.5 Å². The summed E-state index contributed by atoms with van der Waals surface area (Å²) in [5, 5.41) is 12.7. The maximum atomic E-state index is 12.8. The third kappa shape index (κ3) is 6.84. The number of halogens is 3. The number of nitrogens with zero attached hydrogens (tertiary/aromatic N) is 2. The van der Waals surface area contributed by atoms with Crippen molar-refractivity contribution in [1.29, 1.82) is 0 Å². The lowest BCUT2D eigenvalue weighted by molar-refractivity contribution is -0.384. The second-order valence-corrected chi connectivity index (χ2v) is 11.7. The van der Waals surface area contributed by atoms with E-state index in [-0.39, 0.29) is 31.2 Å². The summed E-state index contributed by atoms with van der Waals surface area (Å²) in [6.45, 7) is -0.000502. The molecule has 2 heterocycles. The van der Waals surface area contributed by atoms with Crippen molar-refractivity contribution in [2.45, 2.75) is 28.7 Å². The van der Waals surface area contributed by atoms with Gasteiger partial charge in [0, 0.05) is 31.4 Å². The highest BCUT2D eigenvalue weighted by Crippen LogP contribution is 2.43. The number of fused-ring (bicyclic) bond motifs is 1. The number of ether oxygens (including phenoxy) is 3. The second-order valence-electron chi connectivity index (χ2n) is 8.04. The first-order valence-corrected chi connectivity index (χ1v) is 12.5. The van der Waals surface area contributed by atoms with E-state index in [0.717, 1.165) is 0 Å². The monoisotopic (exact) mass is 583 g/mol. The standard InChI is InChI=1S/C20H20Cl3N3O9S/c1-11(27)34-8-19(17(29)35-9-20(21,22)23)7-25-15(28)14(16(25)36-10-19)24-18(30)33-6-12-2-4-13(5-3-12)26(31)32/h2-5,14,16H,6-10H2,1H3,(H,24,30)/t14?,16-,19?/m1/s1. The van der Waals surface area contributed by atoms with Crippen molar-refractivity contribution >= 4 is 76.2 Å². The number of alkyl carbamates (subject to hydrolysis) is 1. The van der Waals surface area contributed by atoms with Gasteiger partial charge in [0.25, 0.3) is 5.69 Å². The van der Waals surface area contributed by atoms with Gasteiger partial charge >= 0.3 is 18.0 Å².